The Morgan fingerprint density at radius 2 is 1.88 bits per heavy atom. The van der Waals surface area contributed by atoms with Gasteiger partial charge in [0.05, 0.1) is 5.60 Å². The molecule has 0 spiro atoms. The second-order valence-corrected chi connectivity index (χ2v) is 5.07. The van der Waals surface area contributed by atoms with E-state index < -0.39 is 0 Å². The van der Waals surface area contributed by atoms with Gasteiger partial charge >= 0.3 is 0 Å². The van der Waals surface area contributed by atoms with Crippen molar-refractivity contribution in [2.45, 2.75) is 71.9 Å². The van der Waals surface area contributed by atoms with Crippen molar-refractivity contribution >= 4 is 0 Å². The fraction of sp³-hybridized carbons (Fsp3) is 1.00. The fourth-order valence-corrected chi connectivity index (χ4v) is 2.46. The SMILES string of the molecule is CCCC(C)CC(NC)C(C)(CC)OCC. The molecule has 2 nitrogen and oxygen atoms in total. The predicted molar refractivity (Wildman–Crippen MR) is 71.9 cm³/mol. The third kappa shape index (κ3) is 4.84. The van der Waals surface area contributed by atoms with E-state index >= 15 is 0 Å². The molecule has 16 heavy (non-hydrogen) atoms. The van der Waals surface area contributed by atoms with Crippen LogP contribution in [0.3, 0.4) is 0 Å². The molecule has 0 amide bonds. The highest BCUT2D eigenvalue weighted by Gasteiger charge is 2.32. The summed E-state index contributed by atoms with van der Waals surface area (Å²) < 4.78 is 5.95. The fourth-order valence-electron chi connectivity index (χ4n) is 2.46. The minimum absolute atomic E-state index is 0.0223. The average Bonchev–Trinajstić information content (AvgIpc) is 2.26. The molecular weight excluding hydrogens is 198 g/mol. The minimum atomic E-state index is -0.0223. The van der Waals surface area contributed by atoms with Crippen LogP contribution in [0.5, 0.6) is 0 Å². The van der Waals surface area contributed by atoms with Crippen molar-refractivity contribution in [2.24, 2.45) is 5.92 Å². The van der Waals surface area contributed by atoms with E-state index in [1.54, 1.807) is 0 Å². The number of nitrogens with one attached hydrogen (secondary N) is 1. The van der Waals surface area contributed by atoms with Crippen LogP contribution in [-0.2, 0) is 4.74 Å². The van der Waals surface area contributed by atoms with Gasteiger partial charge in [0.25, 0.3) is 0 Å². The lowest BCUT2D eigenvalue weighted by Crippen LogP contribution is -2.49. The summed E-state index contributed by atoms with van der Waals surface area (Å²) in [6, 6.07) is 0.457. The highest BCUT2D eigenvalue weighted by molar-refractivity contribution is 4.88. The maximum Gasteiger partial charge on any atom is 0.0803 e. The summed E-state index contributed by atoms with van der Waals surface area (Å²) in [4.78, 5) is 0. The molecule has 3 atom stereocenters. The second-order valence-electron chi connectivity index (χ2n) is 5.07. The van der Waals surface area contributed by atoms with Crippen LogP contribution in [0.1, 0.15) is 60.3 Å². The van der Waals surface area contributed by atoms with Crippen LogP contribution in [0.2, 0.25) is 0 Å². The maximum absolute atomic E-state index is 5.95. The van der Waals surface area contributed by atoms with E-state index in [0.29, 0.717) is 6.04 Å². The Hall–Kier alpha value is -0.0800. The van der Waals surface area contributed by atoms with E-state index in [1.807, 2.05) is 0 Å². The first kappa shape index (κ1) is 15.9. The first-order valence-electron chi connectivity index (χ1n) is 6.85. The van der Waals surface area contributed by atoms with Gasteiger partial charge in [0.2, 0.25) is 0 Å². The number of hydrogen-bond donors (Lipinski definition) is 1. The predicted octanol–water partition coefficient (Wildman–Crippen LogP) is 3.61. The highest BCUT2D eigenvalue weighted by atomic mass is 16.5. The smallest absolute Gasteiger partial charge is 0.0803 e. The number of likely N-dealkylation sites (N-methyl/N-ethyl adjacent to an activating group) is 1. The van der Waals surface area contributed by atoms with Crippen molar-refractivity contribution in [3.63, 3.8) is 0 Å². The Balaban J connectivity index is 4.42. The molecule has 0 bridgehead atoms. The molecule has 0 saturated carbocycles. The molecule has 0 aliphatic rings. The number of ether oxygens (including phenoxy) is 1. The molecule has 98 valence electrons. The summed E-state index contributed by atoms with van der Waals surface area (Å²) in [7, 11) is 2.05. The molecule has 0 rings (SSSR count). The van der Waals surface area contributed by atoms with Crippen LogP contribution in [0.25, 0.3) is 0 Å². The molecule has 0 aliphatic carbocycles. The van der Waals surface area contributed by atoms with E-state index in [1.165, 1.54) is 19.3 Å². The van der Waals surface area contributed by atoms with E-state index in [0.717, 1.165) is 18.9 Å². The monoisotopic (exact) mass is 229 g/mol. The largest absolute Gasteiger partial charge is 0.374 e. The van der Waals surface area contributed by atoms with Gasteiger partial charge in [0.15, 0.2) is 0 Å². The van der Waals surface area contributed by atoms with Crippen LogP contribution < -0.4 is 5.32 Å². The minimum Gasteiger partial charge on any atom is -0.374 e. The van der Waals surface area contributed by atoms with Gasteiger partial charge in [0, 0.05) is 12.6 Å². The van der Waals surface area contributed by atoms with Gasteiger partial charge in [-0.25, -0.2) is 0 Å². The summed E-state index contributed by atoms with van der Waals surface area (Å²) in [6.45, 7) is 11.9. The van der Waals surface area contributed by atoms with Crippen LogP contribution >= 0.6 is 0 Å². The summed E-state index contributed by atoms with van der Waals surface area (Å²) in [5.41, 5.74) is -0.0223. The Labute approximate surface area is 102 Å². The lowest BCUT2D eigenvalue weighted by molar-refractivity contribution is -0.0584. The second kappa shape index (κ2) is 8.08. The summed E-state index contributed by atoms with van der Waals surface area (Å²) in [5, 5.41) is 3.44. The van der Waals surface area contributed by atoms with Crippen molar-refractivity contribution in [2.75, 3.05) is 13.7 Å². The molecular formula is C14H31NO. The zero-order valence-corrected chi connectivity index (χ0v) is 12.1. The van der Waals surface area contributed by atoms with Crippen molar-refractivity contribution in [3.8, 4) is 0 Å². The summed E-state index contributed by atoms with van der Waals surface area (Å²) in [6.07, 6.45) is 4.85. The third-order valence-corrected chi connectivity index (χ3v) is 3.68. The first-order chi connectivity index (χ1) is 7.53. The molecule has 0 fully saturated rings. The van der Waals surface area contributed by atoms with Gasteiger partial charge in [0.1, 0.15) is 0 Å². The lowest BCUT2D eigenvalue weighted by Gasteiger charge is -2.38. The van der Waals surface area contributed by atoms with E-state index in [-0.39, 0.29) is 5.60 Å². The average molecular weight is 229 g/mol. The van der Waals surface area contributed by atoms with Crippen molar-refractivity contribution in [3.05, 3.63) is 0 Å². The van der Waals surface area contributed by atoms with Gasteiger partial charge in [-0.2, -0.15) is 0 Å². The Kier molecular flexibility index (Phi) is 8.04. The molecule has 2 heteroatoms. The molecule has 3 unspecified atom stereocenters. The van der Waals surface area contributed by atoms with E-state index in [2.05, 4.69) is 47.0 Å². The molecule has 0 aromatic rings. The number of hydrogen-bond acceptors (Lipinski definition) is 2. The standard InChI is InChI=1S/C14H31NO/c1-7-10-12(4)11-13(15-6)14(5,8-2)16-9-3/h12-13,15H,7-11H2,1-6H3. The normalized spacial score (nSPS) is 19.1. The van der Waals surface area contributed by atoms with Crippen LogP contribution in [0, 0.1) is 5.92 Å². The summed E-state index contributed by atoms with van der Waals surface area (Å²) in [5.74, 6) is 0.772. The van der Waals surface area contributed by atoms with Crippen molar-refractivity contribution in [1.29, 1.82) is 0 Å². The zero-order chi connectivity index (χ0) is 12.6. The molecule has 0 aliphatic heterocycles. The van der Waals surface area contributed by atoms with Crippen molar-refractivity contribution in [1.82, 2.24) is 5.32 Å². The van der Waals surface area contributed by atoms with Gasteiger partial charge in [-0.05, 0) is 39.7 Å². The molecule has 1 N–H and O–H groups in total. The van der Waals surface area contributed by atoms with E-state index in [9.17, 15) is 0 Å². The van der Waals surface area contributed by atoms with E-state index in [4.69, 9.17) is 4.74 Å². The van der Waals surface area contributed by atoms with Gasteiger partial charge < -0.3 is 10.1 Å². The zero-order valence-electron chi connectivity index (χ0n) is 12.1. The molecule has 0 heterocycles. The third-order valence-electron chi connectivity index (χ3n) is 3.68. The maximum atomic E-state index is 5.95. The summed E-state index contributed by atoms with van der Waals surface area (Å²) >= 11 is 0. The van der Waals surface area contributed by atoms with Crippen LogP contribution in [0.15, 0.2) is 0 Å². The van der Waals surface area contributed by atoms with Gasteiger partial charge in [-0.3, -0.25) is 0 Å². The quantitative estimate of drug-likeness (QED) is 0.652. The molecule has 0 radical (unpaired) electrons. The Morgan fingerprint density at radius 1 is 1.25 bits per heavy atom. The lowest BCUT2D eigenvalue weighted by atomic mass is 9.85. The van der Waals surface area contributed by atoms with Gasteiger partial charge in [-0.15, -0.1) is 0 Å². The van der Waals surface area contributed by atoms with Crippen LogP contribution in [-0.4, -0.2) is 25.3 Å². The molecule has 0 aromatic heterocycles. The molecule has 0 saturated heterocycles. The Morgan fingerprint density at radius 3 is 2.25 bits per heavy atom. The first-order valence-corrected chi connectivity index (χ1v) is 6.85. The molecule has 0 aromatic carbocycles. The topological polar surface area (TPSA) is 21.3 Å². The Bertz CT molecular complexity index is 172. The highest BCUT2D eigenvalue weighted by Crippen LogP contribution is 2.26. The van der Waals surface area contributed by atoms with Crippen LogP contribution in [0.4, 0.5) is 0 Å². The number of rotatable bonds is 9. The van der Waals surface area contributed by atoms with Crippen molar-refractivity contribution < 1.29 is 4.74 Å². The van der Waals surface area contributed by atoms with Gasteiger partial charge in [-0.1, -0.05) is 33.6 Å².